The van der Waals surface area contributed by atoms with E-state index in [4.69, 9.17) is 0 Å². The molecule has 0 unspecified atom stereocenters. The molecule has 0 aliphatic heterocycles. The number of rotatable bonds is 6. The monoisotopic (exact) mass is 465 g/mol. The van der Waals surface area contributed by atoms with E-state index in [0.717, 1.165) is 6.42 Å². The maximum absolute atomic E-state index is 12.2. The first-order valence-corrected chi connectivity index (χ1v) is 8.05. The van der Waals surface area contributed by atoms with E-state index in [2.05, 4.69) is 39.9 Å². The lowest BCUT2D eigenvalue weighted by molar-refractivity contribution is -0.132. The van der Waals surface area contributed by atoms with Crippen LogP contribution in [-0.2, 0) is 6.42 Å². The molecule has 0 aliphatic rings. The maximum Gasteiger partial charge on any atom is 0.390 e. The van der Waals surface area contributed by atoms with E-state index in [1.165, 1.54) is 16.3 Å². The molecule has 2 N–H and O–H groups in total. The number of alkyl halides is 3. The van der Waals surface area contributed by atoms with Crippen LogP contribution in [0, 0.1) is 0 Å². The van der Waals surface area contributed by atoms with Gasteiger partial charge in [0.2, 0.25) is 0 Å². The number of nitrogens with zero attached hydrogens (tertiary/aromatic N) is 1. The van der Waals surface area contributed by atoms with Gasteiger partial charge in [-0.05, 0) is 29.7 Å². The lowest BCUT2D eigenvalue weighted by atomic mass is 10.0. The number of halogens is 4. The summed E-state index contributed by atoms with van der Waals surface area (Å²) >= 11 is 0. The summed E-state index contributed by atoms with van der Waals surface area (Å²) in [5.41, 5.74) is 1.20. The molecule has 0 aliphatic carbocycles. The average Bonchev–Trinajstić information content (AvgIpc) is 2.54. The molecule has 0 saturated heterocycles. The Balaban J connectivity index is 0.00000312. The molecule has 25 heavy (non-hydrogen) atoms. The van der Waals surface area contributed by atoms with Gasteiger partial charge in [0.05, 0.1) is 13.0 Å². The van der Waals surface area contributed by atoms with Gasteiger partial charge < -0.3 is 10.6 Å². The summed E-state index contributed by atoms with van der Waals surface area (Å²) in [6.07, 6.45) is -4.32. The van der Waals surface area contributed by atoms with Gasteiger partial charge in [0.15, 0.2) is 5.96 Å². The molecular weight excluding hydrogens is 442 g/mol. The second-order valence-electron chi connectivity index (χ2n) is 5.44. The number of fused-ring (bicyclic) bond motifs is 1. The largest absolute Gasteiger partial charge is 0.390 e. The van der Waals surface area contributed by atoms with Crippen molar-refractivity contribution in [2.75, 3.05) is 19.6 Å². The van der Waals surface area contributed by atoms with Crippen LogP contribution in [0.2, 0.25) is 0 Å². The van der Waals surface area contributed by atoms with Crippen molar-refractivity contribution in [3.05, 3.63) is 48.0 Å². The summed E-state index contributed by atoms with van der Waals surface area (Å²) in [6.45, 7) is 2.82. The second-order valence-corrected chi connectivity index (χ2v) is 5.44. The van der Waals surface area contributed by atoms with E-state index in [1.54, 1.807) is 0 Å². The fourth-order valence-corrected chi connectivity index (χ4v) is 2.46. The lowest BCUT2D eigenvalue weighted by Crippen LogP contribution is -2.38. The molecular formula is C18H23F3IN3. The van der Waals surface area contributed by atoms with Gasteiger partial charge in [-0.1, -0.05) is 42.5 Å². The van der Waals surface area contributed by atoms with Crippen LogP contribution in [0.3, 0.4) is 0 Å². The molecule has 2 aromatic rings. The van der Waals surface area contributed by atoms with Gasteiger partial charge in [-0.2, -0.15) is 13.2 Å². The number of aliphatic imine (C=N–C) groups is 1. The minimum absolute atomic E-state index is 0. The highest BCUT2D eigenvalue weighted by atomic mass is 127. The maximum atomic E-state index is 12.2. The number of hydrogen-bond donors (Lipinski definition) is 2. The number of nitrogens with one attached hydrogen (secondary N) is 2. The highest BCUT2D eigenvalue weighted by molar-refractivity contribution is 14.0. The third-order valence-corrected chi connectivity index (χ3v) is 3.58. The van der Waals surface area contributed by atoms with Crippen LogP contribution in [0.1, 0.15) is 18.9 Å². The molecule has 0 atom stereocenters. The summed E-state index contributed by atoms with van der Waals surface area (Å²) < 4.78 is 36.6. The standard InChI is InChI=1S/C18H22F3N3.HI/c1-2-22-17(24-13-11-18(19,20)21)23-12-10-15-8-5-7-14-6-3-4-9-16(14)15;/h3-9H,2,10-13H2,1H3,(H2,22,23,24);1H. The molecule has 0 saturated carbocycles. The van der Waals surface area contributed by atoms with Crippen molar-refractivity contribution in [2.45, 2.75) is 25.9 Å². The summed E-state index contributed by atoms with van der Waals surface area (Å²) in [5.74, 6) is 0.419. The van der Waals surface area contributed by atoms with Gasteiger partial charge in [-0.25, -0.2) is 0 Å². The van der Waals surface area contributed by atoms with Crippen molar-refractivity contribution in [2.24, 2.45) is 4.99 Å². The van der Waals surface area contributed by atoms with Crippen molar-refractivity contribution in [1.29, 1.82) is 0 Å². The number of guanidine groups is 1. The van der Waals surface area contributed by atoms with E-state index in [1.807, 2.05) is 25.1 Å². The van der Waals surface area contributed by atoms with Crippen molar-refractivity contribution >= 4 is 40.7 Å². The molecule has 0 aromatic heterocycles. The number of hydrogen-bond acceptors (Lipinski definition) is 1. The Morgan fingerprint density at radius 2 is 1.76 bits per heavy atom. The Kier molecular flexibility index (Phi) is 9.02. The van der Waals surface area contributed by atoms with E-state index >= 15 is 0 Å². The highest BCUT2D eigenvalue weighted by Gasteiger charge is 2.26. The van der Waals surface area contributed by atoms with Gasteiger partial charge in [0.25, 0.3) is 0 Å². The first-order valence-electron chi connectivity index (χ1n) is 8.05. The molecule has 2 rings (SSSR count). The normalized spacial score (nSPS) is 11.9. The van der Waals surface area contributed by atoms with Crippen molar-refractivity contribution < 1.29 is 13.2 Å². The fourth-order valence-electron chi connectivity index (χ4n) is 2.46. The predicted octanol–water partition coefficient (Wildman–Crippen LogP) is 4.51. The van der Waals surface area contributed by atoms with E-state index in [0.29, 0.717) is 19.0 Å². The van der Waals surface area contributed by atoms with Crippen LogP contribution in [0.25, 0.3) is 10.8 Å². The van der Waals surface area contributed by atoms with Crippen molar-refractivity contribution in [3.63, 3.8) is 0 Å². The second kappa shape index (κ2) is 10.5. The van der Waals surface area contributed by atoms with E-state index in [-0.39, 0.29) is 30.5 Å². The first-order chi connectivity index (χ1) is 11.5. The third-order valence-electron chi connectivity index (χ3n) is 3.58. The zero-order chi connectivity index (χ0) is 17.4. The lowest BCUT2D eigenvalue weighted by Gasteiger charge is -2.12. The predicted molar refractivity (Wildman–Crippen MR) is 108 cm³/mol. The molecule has 0 radical (unpaired) electrons. The number of benzene rings is 2. The smallest absolute Gasteiger partial charge is 0.357 e. The minimum Gasteiger partial charge on any atom is -0.357 e. The van der Waals surface area contributed by atoms with Crippen LogP contribution in [0.15, 0.2) is 47.5 Å². The van der Waals surface area contributed by atoms with Crippen LogP contribution in [-0.4, -0.2) is 31.8 Å². The van der Waals surface area contributed by atoms with Gasteiger partial charge in [0, 0.05) is 13.1 Å². The minimum atomic E-state index is -4.18. The van der Waals surface area contributed by atoms with E-state index in [9.17, 15) is 13.2 Å². The van der Waals surface area contributed by atoms with Crippen LogP contribution in [0.5, 0.6) is 0 Å². The van der Waals surface area contributed by atoms with Crippen molar-refractivity contribution in [3.8, 4) is 0 Å². The summed E-state index contributed by atoms with van der Waals surface area (Å²) in [4.78, 5) is 3.97. The van der Waals surface area contributed by atoms with Gasteiger partial charge in [-0.15, -0.1) is 24.0 Å². The van der Waals surface area contributed by atoms with Gasteiger partial charge >= 0.3 is 6.18 Å². The van der Waals surface area contributed by atoms with Gasteiger partial charge in [0.1, 0.15) is 0 Å². The first kappa shape index (κ1) is 21.5. The van der Waals surface area contributed by atoms with Crippen LogP contribution in [0.4, 0.5) is 13.2 Å². The van der Waals surface area contributed by atoms with E-state index < -0.39 is 12.6 Å². The third kappa shape index (κ3) is 7.50. The fraction of sp³-hybridized carbons (Fsp3) is 0.389. The molecule has 3 nitrogen and oxygen atoms in total. The zero-order valence-corrected chi connectivity index (χ0v) is 16.4. The zero-order valence-electron chi connectivity index (χ0n) is 14.1. The van der Waals surface area contributed by atoms with Gasteiger partial charge in [-0.3, -0.25) is 4.99 Å². The van der Waals surface area contributed by atoms with Crippen molar-refractivity contribution in [1.82, 2.24) is 10.6 Å². The molecule has 0 amide bonds. The Labute approximate surface area is 163 Å². The average molecular weight is 465 g/mol. The Morgan fingerprint density at radius 1 is 1.04 bits per heavy atom. The summed E-state index contributed by atoms with van der Waals surface area (Å²) in [7, 11) is 0. The topological polar surface area (TPSA) is 36.4 Å². The summed E-state index contributed by atoms with van der Waals surface area (Å²) in [6, 6.07) is 14.3. The molecule has 7 heteroatoms. The Bertz CT molecular complexity index is 681. The molecule has 138 valence electrons. The molecule has 0 fully saturated rings. The van der Waals surface area contributed by atoms with Crippen LogP contribution >= 0.6 is 24.0 Å². The quantitative estimate of drug-likeness (QED) is 0.375. The highest BCUT2D eigenvalue weighted by Crippen LogP contribution is 2.19. The molecule has 2 aromatic carbocycles. The molecule has 0 heterocycles. The summed E-state index contributed by atoms with van der Waals surface area (Å²) in [5, 5.41) is 8.43. The Morgan fingerprint density at radius 3 is 2.48 bits per heavy atom. The SMILES string of the molecule is CCNC(=NCCC(F)(F)F)NCCc1cccc2ccccc12.I. The molecule has 0 spiro atoms. The molecule has 0 bridgehead atoms. The Hall–Kier alpha value is -1.51. The van der Waals surface area contributed by atoms with Crippen LogP contribution < -0.4 is 10.6 Å².